The van der Waals surface area contributed by atoms with Crippen molar-refractivity contribution < 1.29 is 19.0 Å². The largest absolute Gasteiger partial charge is 0.394 e. The van der Waals surface area contributed by atoms with Crippen molar-refractivity contribution >= 4 is 12.0 Å². The topological polar surface area (TPSA) is 49.8 Å². The summed E-state index contributed by atoms with van der Waals surface area (Å²) in [6.45, 7) is 4.37. The number of rotatable bonds is 3. The van der Waals surface area contributed by atoms with Crippen LogP contribution in [0.15, 0.2) is 30.3 Å². The van der Waals surface area contributed by atoms with Crippen LogP contribution in [0.4, 0.5) is 4.39 Å². The van der Waals surface area contributed by atoms with E-state index < -0.39 is 5.60 Å². The highest BCUT2D eigenvalue weighted by atomic mass is 19.1. The molecule has 0 bridgehead atoms. The van der Waals surface area contributed by atoms with Gasteiger partial charge in [0.05, 0.1) is 18.3 Å². The van der Waals surface area contributed by atoms with Gasteiger partial charge in [0.2, 0.25) is 5.91 Å². The molecule has 21 heavy (non-hydrogen) atoms. The summed E-state index contributed by atoms with van der Waals surface area (Å²) in [5, 5.41) is 9.24. The van der Waals surface area contributed by atoms with Crippen molar-refractivity contribution in [3.05, 3.63) is 41.7 Å². The van der Waals surface area contributed by atoms with Gasteiger partial charge in [0.1, 0.15) is 5.82 Å². The molecule has 1 aliphatic heterocycles. The van der Waals surface area contributed by atoms with Crippen LogP contribution >= 0.6 is 0 Å². The van der Waals surface area contributed by atoms with E-state index in [1.54, 1.807) is 23.1 Å². The SMILES string of the molecule is CC1(C)CN(C(=O)/C=C/c2ccccc2F)CC(CO)O1. The maximum absolute atomic E-state index is 13.5. The molecule has 1 unspecified atom stereocenters. The Morgan fingerprint density at radius 2 is 2.24 bits per heavy atom. The number of nitrogens with zero attached hydrogens (tertiary/aromatic N) is 1. The van der Waals surface area contributed by atoms with E-state index in [9.17, 15) is 14.3 Å². The molecule has 0 aromatic heterocycles. The lowest BCUT2D eigenvalue weighted by atomic mass is 10.1. The van der Waals surface area contributed by atoms with Crippen molar-refractivity contribution in [3.8, 4) is 0 Å². The molecule has 1 aromatic rings. The van der Waals surface area contributed by atoms with E-state index >= 15 is 0 Å². The summed E-state index contributed by atoms with van der Waals surface area (Å²) in [6.07, 6.45) is 2.43. The van der Waals surface area contributed by atoms with Crippen LogP contribution in [0.1, 0.15) is 19.4 Å². The lowest BCUT2D eigenvalue weighted by Crippen LogP contribution is -2.55. The molecule has 0 radical (unpaired) electrons. The molecule has 1 saturated heterocycles. The van der Waals surface area contributed by atoms with Crippen LogP contribution in [-0.2, 0) is 9.53 Å². The number of carbonyl (C=O) groups is 1. The third kappa shape index (κ3) is 4.12. The molecular weight excluding hydrogens is 273 g/mol. The van der Waals surface area contributed by atoms with E-state index in [2.05, 4.69) is 0 Å². The Morgan fingerprint density at radius 3 is 2.90 bits per heavy atom. The van der Waals surface area contributed by atoms with E-state index in [0.717, 1.165) is 0 Å². The van der Waals surface area contributed by atoms with Crippen molar-refractivity contribution in [1.82, 2.24) is 4.90 Å². The minimum atomic E-state index is -0.507. The van der Waals surface area contributed by atoms with Crippen LogP contribution < -0.4 is 0 Å². The molecule has 2 rings (SSSR count). The van der Waals surface area contributed by atoms with Gasteiger partial charge < -0.3 is 14.7 Å². The molecule has 1 heterocycles. The number of hydrogen-bond donors (Lipinski definition) is 1. The highest BCUT2D eigenvalue weighted by molar-refractivity contribution is 5.92. The van der Waals surface area contributed by atoms with Gasteiger partial charge in [0.15, 0.2) is 0 Å². The molecule has 114 valence electrons. The molecule has 1 aromatic carbocycles. The third-order valence-electron chi connectivity index (χ3n) is 3.31. The van der Waals surface area contributed by atoms with E-state index in [4.69, 9.17) is 4.74 Å². The maximum Gasteiger partial charge on any atom is 0.246 e. The Kier molecular flexibility index (Phi) is 4.75. The fourth-order valence-electron chi connectivity index (χ4n) is 2.44. The molecule has 1 amide bonds. The average Bonchev–Trinajstić information content (AvgIpc) is 2.44. The minimum absolute atomic E-state index is 0.135. The van der Waals surface area contributed by atoms with Crippen LogP contribution in [0, 0.1) is 5.82 Å². The lowest BCUT2D eigenvalue weighted by molar-refractivity contribution is -0.163. The Morgan fingerprint density at radius 1 is 1.52 bits per heavy atom. The van der Waals surface area contributed by atoms with Crippen LogP contribution in [0.3, 0.4) is 0 Å². The standard InChI is InChI=1S/C16H20FNO3/c1-16(2)11-18(9-13(10-19)21-16)15(20)8-7-12-5-3-4-6-14(12)17/h3-8,13,19H,9-11H2,1-2H3/b8-7+. The predicted molar refractivity (Wildman–Crippen MR) is 78.1 cm³/mol. The highest BCUT2D eigenvalue weighted by Crippen LogP contribution is 2.21. The van der Waals surface area contributed by atoms with Gasteiger partial charge >= 0.3 is 0 Å². The molecule has 0 aliphatic carbocycles. The van der Waals surface area contributed by atoms with E-state index in [-0.39, 0.29) is 24.4 Å². The van der Waals surface area contributed by atoms with Gasteiger partial charge in [-0.25, -0.2) is 4.39 Å². The van der Waals surface area contributed by atoms with Crippen LogP contribution in [0.2, 0.25) is 0 Å². The Labute approximate surface area is 123 Å². The van der Waals surface area contributed by atoms with Crippen molar-refractivity contribution in [1.29, 1.82) is 0 Å². The number of carbonyl (C=O) groups excluding carboxylic acids is 1. The fraction of sp³-hybridized carbons (Fsp3) is 0.438. The molecule has 1 fully saturated rings. The molecule has 5 heteroatoms. The number of aliphatic hydroxyl groups is 1. The van der Waals surface area contributed by atoms with Gasteiger partial charge in [-0.05, 0) is 26.0 Å². The minimum Gasteiger partial charge on any atom is -0.394 e. The summed E-state index contributed by atoms with van der Waals surface area (Å²) in [4.78, 5) is 13.8. The molecule has 4 nitrogen and oxygen atoms in total. The van der Waals surface area contributed by atoms with Gasteiger partial charge in [-0.15, -0.1) is 0 Å². The van der Waals surface area contributed by atoms with E-state index in [1.165, 1.54) is 18.2 Å². The zero-order chi connectivity index (χ0) is 15.5. The second-order valence-corrected chi connectivity index (χ2v) is 5.76. The summed E-state index contributed by atoms with van der Waals surface area (Å²) in [5.41, 5.74) is -0.135. The molecule has 1 aliphatic rings. The van der Waals surface area contributed by atoms with Crippen LogP contribution in [0.25, 0.3) is 6.08 Å². The number of amides is 1. The van der Waals surface area contributed by atoms with Gasteiger partial charge in [-0.2, -0.15) is 0 Å². The van der Waals surface area contributed by atoms with Gasteiger partial charge in [0.25, 0.3) is 0 Å². The predicted octanol–water partition coefficient (Wildman–Crippen LogP) is 1.84. The fourth-order valence-corrected chi connectivity index (χ4v) is 2.44. The zero-order valence-corrected chi connectivity index (χ0v) is 12.3. The summed E-state index contributed by atoms with van der Waals surface area (Å²) >= 11 is 0. The lowest BCUT2D eigenvalue weighted by Gasteiger charge is -2.41. The van der Waals surface area contributed by atoms with Crippen LogP contribution in [-0.4, -0.2) is 47.3 Å². The van der Waals surface area contributed by atoms with Crippen molar-refractivity contribution in [2.45, 2.75) is 25.6 Å². The number of hydrogen-bond acceptors (Lipinski definition) is 3. The average molecular weight is 293 g/mol. The van der Waals surface area contributed by atoms with Gasteiger partial charge in [0, 0.05) is 24.7 Å². The van der Waals surface area contributed by atoms with Crippen molar-refractivity contribution in [2.24, 2.45) is 0 Å². The van der Waals surface area contributed by atoms with Crippen molar-refractivity contribution in [3.63, 3.8) is 0 Å². The third-order valence-corrected chi connectivity index (χ3v) is 3.31. The number of halogens is 1. The summed E-state index contributed by atoms with van der Waals surface area (Å²) < 4.78 is 19.2. The first-order valence-electron chi connectivity index (χ1n) is 6.91. The van der Waals surface area contributed by atoms with Crippen LogP contribution in [0.5, 0.6) is 0 Å². The smallest absolute Gasteiger partial charge is 0.246 e. The summed E-state index contributed by atoms with van der Waals surface area (Å²) in [7, 11) is 0. The summed E-state index contributed by atoms with van der Waals surface area (Å²) in [5.74, 6) is -0.579. The molecule has 0 spiro atoms. The second kappa shape index (κ2) is 6.37. The van der Waals surface area contributed by atoms with E-state index in [0.29, 0.717) is 18.7 Å². The first kappa shape index (κ1) is 15.7. The quantitative estimate of drug-likeness (QED) is 0.865. The second-order valence-electron chi connectivity index (χ2n) is 5.76. The van der Waals surface area contributed by atoms with Crippen molar-refractivity contribution in [2.75, 3.05) is 19.7 Å². The molecular formula is C16H20FNO3. The number of morpholine rings is 1. The summed E-state index contributed by atoms with van der Waals surface area (Å²) in [6, 6.07) is 6.28. The maximum atomic E-state index is 13.5. The normalized spacial score (nSPS) is 21.7. The molecule has 1 atom stereocenters. The Balaban J connectivity index is 2.07. The first-order chi connectivity index (χ1) is 9.91. The first-order valence-corrected chi connectivity index (χ1v) is 6.91. The number of benzene rings is 1. The number of aliphatic hydroxyl groups excluding tert-OH is 1. The van der Waals surface area contributed by atoms with E-state index in [1.807, 2.05) is 13.8 Å². The number of ether oxygens (including phenoxy) is 1. The van der Waals surface area contributed by atoms with Gasteiger partial charge in [-0.3, -0.25) is 4.79 Å². The Hall–Kier alpha value is -1.72. The molecule has 1 N–H and O–H groups in total. The Bertz CT molecular complexity index is 542. The van der Waals surface area contributed by atoms with Gasteiger partial charge in [-0.1, -0.05) is 18.2 Å². The highest BCUT2D eigenvalue weighted by Gasteiger charge is 2.34. The molecule has 0 saturated carbocycles. The zero-order valence-electron chi connectivity index (χ0n) is 12.3. The monoisotopic (exact) mass is 293 g/mol.